The molecule has 0 fully saturated rings. The molecule has 3 aromatic heterocycles. The van der Waals surface area contributed by atoms with E-state index in [0.717, 1.165) is 17.0 Å². The van der Waals surface area contributed by atoms with Crippen molar-refractivity contribution >= 4 is 0 Å². The van der Waals surface area contributed by atoms with Crippen molar-refractivity contribution in [2.24, 2.45) is 5.73 Å². The normalized spacial score (nSPS) is 10.9. The van der Waals surface area contributed by atoms with Crippen LogP contribution in [0.4, 0.5) is 0 Å². The molecule has 0 unspecified atom stereocenters. The van der Waals surface area contributed by atoms with Crippen molar-refractivity contribution in [1.82, 2.24) is 15.1 Å². The van der Waals surface area contributed by atoms with Gasteiger partial charge in [-0.2, -0.15) is 4.98 Å². The van der Waals surface area contributed by atoms with Crippen molar-refractivity contribution < 1.29 is 8.94 Å². The number of nitrogens with two attached hydrogens (primary N) is 1. The molecule has 0 spiro atoms. The third-order valence-corrected chi connectivity index (χ3v) is 2.84. The molecule has 0 saturated heterocycles. The van der Waals surface area contributed by atoms with Crippen molar-refractivity contribution in [3.8, 4) is 23.0 Å². The molecule has 6 nitrogen and oxygen atoms in total. The van der Waals surface area contributed by atoms with E-state index in [4.69, 9.17) is 14.7 Å². The smallest absolute Gasteiger partial charge is 0.293 e. The number of hydrogen-bond donors (Lipinski definition) is 1. The van der Waals surface area contributed by atoms with E-state index in [2.05, 4.69) is 15.1 Å². The summed E-state index contributed by atoms with van der Waals surface area (Å²) in [6.45, 7) is 4.19. The molecule has 20 heavy (non-hydrogen) atoms. The second kappa shape index (κ2) is 4.90. The molecule has 6 heteroatoms. The van der Waals surface area contributed by atoms with Crippen LogP contribution in [0.5, 0.6) is 0 Å². The number of pyridine rings is 1. The first-order chi connectivity index (χ1) is 9.65. The molecule has 0 saturated carbocycles. The Balaban J connectivity index is 1.97. The predicted octanol–water partition coefficient (Wildman–Crippen LogP) is 2.47. The number of hydrogen-bond acceptors (Lipinski definition) is 6. The maximum atomic E-state index is 5.50. The molecule has 0 aliphatic rings. The van der Waals surface area contributed by atoms with Crippen LogP contribution < -0.4 is 5.73 Å². The van der Waals surface area contributed by atoms with E-state index in [-0.39, 0.29) is 0 Å². The molecule has 2 N–H and O–H groups in total. The van der Waals surface area contributed by atoms with Crippen LogP contribution >= 0.6 is 0 Å². The SMILES string of the molecule is Cc1cc(-c2noc(-c3ccc(CN)o3)n2)cc(C)n1. The topological polar surface area (TPSA) is 91.0 Å². The Kier molecular flexibility index (Phi) is 3.08. The van der Waals surface area contributed by atoms with Gasteiger partial charge in [-0.05, 0) is 38.1 Å². The van der Waals surface area contributed by atoms with E-state index >= 15 is 0 Å². The Hall–Kier alpha value is -2.47. The maximum absolute atomic E-state index is 5.50. The first-order valence-corrected chi connectivity index (χ1v) is 6.24. The van der Waals surface area contributed by atoms with E-state index < -0.39 is 0 Å². The summed E-state index contributed by atoms with van der Waals surface area (Å²) in [6, 6.07) is 7.38. The van der Waals surface area contributed by atoms with Crippen LogP contribution in [0, 0.1) is 13.8 Å². The molecule has 0 aliphatic carbocycles. The number of nitrogens with zero attached hydrogens (tertiary/aromatic N) is 3. The molecular weight excluding hydrogens is 256 g/mol. The van der Waals surface area contributed by atoms with Crippen molar-refractivity contribution in [1.29, 1.82) is 0 Å². The molecule has 0 aliphatic heterocycles. The van der Waals surface area contributed by atoms with Gasteiger partial charge in [-0.25, -0.2) is 0 Å². The number of aryl methyl sites for hydroxylation is 2. The van der Waals surface area contributed by atoms with Gasteiger partial charge >= 0.3 is 0 Å². The Labute approximate surface area is 115 Å². The Bertz CT molecular complexity index is 725. The molecule has 0 atom stereocenters. The summed E-state index contributed by atoms with van der Waals surface area (Å²) in [7, 11) is 0. The third kappa shape index (κ3) is 2.33. The molecule has 3 heterocycles. The van der Waals surface area contributed by atoms with Crippen LogP contribution in [-0.2, 0) is 6.54 Å². The summed E-state index contributed by atoms with van der Waals surface area (Å²) in [5, 5.41) is 3.97. The zero-order valence-electron chi connectivity index (χ0n) is 11.3. The number of furan rings is 1. The van der Waals surface area contributed by atoms with Crippen molar-refractivity contribution in [2.75, 3.05) is 0 Å². The second-order valence-corrected chi connectivity index (χ2v) is 4.53. The van der Waals surface area contributed by atoms with Crippen LogP contribution in [0.1, 0.15) is 17.1 Å². The quantitative estimate of drug-likeness (QED) is 0.786. The van der Waals surface area contributed by atoms with E-state index in [1.807, 2.05) is 26.0 Å². The average molecular weight is 270 g/mol. The summed E-state index contributed by atoms with van der Waals surface area (Å²) in [5.74, 6) is 2.05. The lowest BCUT2D eigenvalue weighted by molar-refractivity contribution is 0.412. The molecule has 0 amide bonds. The molecule has 102 valence electrons. The highest BCUT2D eigenvalue weighted by Gasteiger charge is 2.14. The fourth-order valence-corrected chi connectivity index (χ4v) is 2.01. The number of aromatic nitrogens is 3. The van der Waals surface area contributed by atoms with Gasteiger partial charge in [0.2, 0.25) is 5.82 Å². The largest absolute Gasteiger partial charge is 0.455 e. The lowest BCUT2D eigenvalue weighted by Gasteiger charge is -1.98. The van der Waals surface area contributed by atoms with Gasteiger partial charge in [0.25, 0.3) is 5.89 Å². The zero-order chi connectivity index (χ0) is 14.1. The van der Waals surface area contributed by atoms with Gasteiger partial charge in [-0.15, -0.1) is 0 Å². The van der Waals surface area contributed by atoms with Crippen LogP contribution in [0.3, 0.4) is 0 Å². The van der Waals surface area contributed by atoms with Gasteiger partial charge < -0.3 is 14.7 Å². The molecule has 3 rings (SSSR count). The van der Waals surface area contributed by atoms with Gasteiger partial charge in [0.15, 0.2) is 5.76 Å². The van der Waals surface area contributed by atoms with Crippen LogP contribution in [0.15, 0.2) is 33.2 Å². The van der Waals surface area contributed by atoms with Crippen molar-refractivity contribution in [2.45, 2.75) is 20.4 Å². The second-order valence-electron chi connectivity index (χ2n) is 4.53. The van der Waals surface area contributed by atoms with Crippen molar-refractivity contribution in [3.05, 3.63) is 41.4 Å². The molecular formula is C14H14N4O2. The lowest BCUT2D eigenvalue weighted by Crippen LogP contribution is -1.92. The summed E-state index contributed by atoms with van der Waals surface area (Å²) in [4.78, 5) is 8.66. The first-order valence-electron chi connectivity index (χ1n) is 6.24. The van der Waals surface area contributed by atoms with E-state index in [1.54, 1.807) is 12.1 Å². The fraction of sp³-hybridized carbons (Fsp3) is 0.214. The van der Waals surface area contributed by atoms with E-state index in [0.29, 0.717) is 29.8 Å². The summed E-state index contributed by atoms with van der Waals surface area (Å²) >= 11 is 0. The van der Waals surface area contributed by atoms with Crippen molar-refractivity contribution in [3.63, 3.8) is 0 Å². The third-order valence-electron chi connectivity index (χ3n) is 2.84. The highest BCUT2D eigenvalue weighted by molar-refractivity contribution is 5.58. The number of rotatable bonds is 3. The monoisotopic (exact) mass is 270 g/mol. The minimum atomic E-state index is 0.337. The van der Waals surface area contributed by atoms with Gasteiger partial charge in [0.1, 0.15) is 5.76 Å². The maximum Gasteiger partial charge on any atom is 0.293 e. The van der Waals surface area contributed by atoms with Crippen LogP contribution in [-0.4, -0.2) is 15.1 Å². The van der Waals surface area contributed by atoms with Crippen LogP contribution in [0.25, 0.3) is 23.0 Å². The minimum Gasteiger partial charge on any atom is -0.455 e. The predicted molar refractivity (Wildman–Crippen MR) is 72.6 cm³/mol. The van der Waals surface area contributed by atoms with Gasteiger partial charge in [-0.1, -0.05) is 5.16 Å². The standard InChI is InChI=1S/C14H14N4O2/c1-8-5-10(6-9(2)16-8)13-17-14(20-18-13)12-4-3-11(7-15)19-12/h3-6H,7,15H2,1-2H3. The Morgan fingerprint density at radius 1 is 1.10 bits per heavy atom. The highest BCUT2D eigenvalue weighted by atomic mass is 16.5. The fourth-order valence-electron chi connectivity index (χ4n) is 2.01. The van der Waals surface area contributed by atoms with Gasteiger partial charge in [-0.3, -0.25) is 4.98 Å². The van der Waals surface area contributed by atoms with Crippen LogP contribution in [0.2, 0.25) is 0 Å². The Morgan fingerprint density at radius 3 is 2.50 bits per heavy atom. The zero-order valence-corrected chi connectivity index (χ0v) is 11.3. The summed E-state index contributed by atoms with van der Waals surface area (Å²) in [5.41, 5.74) is 8.20. The molecule has 0 radical (unpaired) electrons. The van der Waals surface area contributed by atoms with E-state index in [9.17, 15) is 0 Å². The van der Waals surface area contributed by atoms with Gasteiger partial charge in [0.05, 0.1) is 6.54 Å². The molecule has 0 aromatic carbocycles. The summed E-state index contributed by atoms with van der Waals surface area (Å²) < 4.78 is 10.7. The van der Waals surface area contributed by atoms with E-state index in [1.165, 1.54) is 0 Å². The highest BCUT2D eigenvalue weighted by Crippen LogP contribution is 2.24. The summed E-state index contributed by atoms with van der Waals surface area (Å²) in [6.07, 6.45) is 0. The van der Waals surface area contributed by atoms with Gasteiger partial charge in [0, 0.05) is 17.0 Å². The minimum absolute atomic E-state index is 0.337. The molecule has 3 aromatic rings. The first kappa shape index (κ1) is 12.6. The Morgan fingerprint density at radius 2 is 1.85 bits per heavy atom. The average Bonchev–Trinajstić information content (AvgIpc) is 3.06. The lowest BCUT2D eigenvalue weighted by atomic mass is 10.2. The molecule has 0 bridgehead atoms.